The molecule has 0 fully saturated rings. The molecule has 20 heavy (non-hydrogen) atoms. The van der Waals surface area contributed by atoms with E-state index in [9.17, 15) is 4.79 Å². The predicted octanol–water partition coefficient (Wildman–Crippen LogP) is 1.58. The summed E-state index contributed by atoms with van der Waals surface area (Å²) in [5.74, 6) is 1.28. The van der Waals surface area contributed by atoms with Gasteiger partial charge in [-0.1, -0.05) is 12.2 Å². The molecule has 0 radical (unpaired) electrons. The molecule has 0 unspecified atom stereocenters. The van der Waals surface area contributed by atoms with E-state index in [-0.39, 0.29) is 5.91 Å². The van der Waals surface area contributed by atoms with Crippen LogP contribution in [-0.2, 0) is 4.79 Å². The molecule has 1 rings (SSSR count). The molecule has 110 valence electrons. The van der Waals surface area contributed by atoms with Gasteiger partial charge >= 0.3 is 0 Å². The van der Waals surface area contributed by atoms with E-state index in [2.05, 4.69) is 0 Å². The summed E-state index contributed by atoms with van der Waals surface area (Å²) < 4.78 is 10.9. The maximum atomic E-state index is 11.4. The Morgan fingerprint density at radius 1 is 1.35 bits per heavy atom. The number of hydrogen-bond acceptors (Lipinski definition) is 4. The van der Waals surface area contributed by atoms with Gasteiger partial charge in [0.1, 0.15) is 4.99 Å². The first kappa shape index (κ1) is 16.2. The molecular formula is C14H20N2O3S. The summed E-state index contributed by atoms with van der Waals surface area (Å²) in [6, 6.07) is 5.29. The molecule has 1 amide bonds. The molecule has 1 aromatic carbocycles. The van der Waals surface area contributed by atoms with Crippen molar-refractivity contribution < 1.29 is 14.3 Å². The van der Waals surface area contributed by atoms with Crippen molar-refractivity contribution in [2.75, 3.05) is 27.8 Å². The molecular weight excluding hydrogens is 276 g/mol. The fourth-order valence-corrected chi connectivity index (χ4v) is 1.70. The molecule has 0 heterocycles. The Hall–Kier alpha value is -1.82. The second kappa shape index (κ2) is 7.69. The summed E-state index contributed by atoms with van der Waals surface area (Å²) in [6.45, 7) is 0.447. The van der Waals surface area contributed by atoms with E-state index in [1.54, 1.807) is 44.3 Å². The van der Waals surface area contributed by atoms with Crippen LogP contribution in [0.1, 0.15) is 18.4 Å². The lowest BCUT2D eigenvalue weighted by atomic mass is 10.2. The van der Waals surface area contributed by atoms with Crippen LogP contribution in [0.2, 0.25) is 0 Å². The number of nitrogens with two attached hydrogens (primary N) is 1. The van der Waals surface area contributed by atoms with Crippen LogP contribution in [0.3, 0.4) is 0 Å². The zero-order valence-electron chi connectivity index (χ0n) is 12.0. The van der Waals surface area contributed by atoms with Gasteiger partial charge in [0.25, 0.3) is 0 Å². The lowest BCUT2D eigenvalue weighted by Gasteiger charge is -2.13. The SMILES string of the molecule is COc1cc(C(N)=S)ccc1OCCCC(=O)N(C)C. The van der Waals surface area contributed by atoms with Gasteiger partial charge in [0.15, 0.2) is 11.5 Å². The average Bonchev–Trinajstić information content (AvgIpc) is 2.42. The van der Waals surface area contributed by atoms with Crippen molar-refractivity contribution >= 4 is 23.1 Å². The number of rotatable bonds is 7. The van der Waals surface area contributed by atoms with Crippen LogP contribution in [0.5, 0.6) is 11.5 Å². The minimum absolute atomic E-state index is 0.0874. The van der Waals surface area contributed by atoms with Crippen molar-refractivity contribution in [2.45, 2.75) is 12.8 Å². The smallest absolute Gasteiger partial charge is 0.222 e. The highest BCUT2D eigenvalue weighted by Gasteiger charge is 2.08. The van der Waals surface area contributed by atoms with Gasteiger partial charge in [-0.3, -0.25) is 4.79 Å². The number of methoxy groups -OCH3 is 1. The summed E-state index contributed by atoms with van der Waals surface area (Å²) in [4.78, 5) is 13.3. The van der Waals surface area contributed by atoms with Crippen molar-refractivity contribution in [3.63, 3.8) is 0 Å². The van der Waals surface area contributed by atoms with Crippen LogP contribution in [0, 0.1) is 0 Å². The Kier molecular flexibility index (Phi) is 6.24. The lowest BCUT2D eigenvalue weighted by Crippen LogP contribution is -2.21. The molecule has 0 atom stereocenters. The van der Waals surface area contributed by atoms with Gasteiger partial charge < -0.3 is 20.1 Å². The molecule has 0 aliphatic carbocycles. The van der Waals surface area contributed by atoms with E-state index in [1.807, 2.05) is 0 Å². The van der Waals surface area contributed by atoms with Crippen molar-refractivity contribution in [2.24, 2.45) is 5.73 Å². The second-order valence-electron chi connectivity index (χ2n) is 4.47. The minimum Gasteiger partial charge on any atom is -0.493 e. The van der Waals surface area contributed by atoms with Crippen molar-refractivity contribution in [1.29, 1.82) is 0 Å². The normalized spacial score (nSPS) is 9.95. The topological polar surface area (TPSA) is 64.8 Å². The predicted molar refractivity (Wildman–Crippen MR) is 82.3 cm³/mol. The number of benzene rings is 1. The molecule has 2 N–H and O–H groups in total. The van der Waals surface area contributed by atoms with Crippen LogP contribution in [0.4, 0.5) is 0 Å². The van der Waals surface area contributed by atoms with Crippen molar-refractivity contribution in [3.8, 4) is 11.5 Å². The maximum absolute atomic E-state index is 11.4. The van der Waals surface area contributed by atoms with Gasteiger partial charge in [-0.25, -0.2) is 0 Å². The van der Waals surface area contributed by atoms with Gasteiger partial charge in [0.2, 0.25) is 5.91 Å². The van der Waals surface area contributed by atoms with Crippen LogP contribution in [0.15, 0.2) is 18.2 Å². The van der Waals surface area contributed by atoms with Crippen molar-refractivity contribution in [3.05, 3.63) is 23.8 Å². The molecule has 0 bridgehead atoms. The van der Waals surface area contributed by atoms with E-state index >= 15 is 0 Å². The van der Waals surface area contributed by atoms with Gasteiger partial charge in [-0.15, -0.1) is 0 Å². The maximum Gasteiger partial charge on any atom is 0.222 e. The first-order chi connectivity index (χ1) is 9.45. The Balaban J connectivity index is 2.55. The molecule has 6 heteroatoms. The number of ether oxygens (including phenoxy) is 2. The quantitative estimate of drug-likeness (QED) is 0.611. The van der Waals surface area contributed by atoms with Crippen LogP contribution in [0.25, 0.3) is 0 Å². The van der Waals surface area contributed by atoms with Crippen LogP contribution in [-0.4, -0.2) is 43.6 Å². The largest absolute Gasteiger partial charge is 0.493 e. The number of carbonyl (C=O) groups is 1. The van der Waals surface area contributed by atoms with Crippen LogP contribution >= 0.6 is 12.2 Å². The fourth-order valence-electron chi connectivity index (χ4n) is 1.57. The Bertz CT molecular complexity index is 489. The summed E-state index contributed by atoms with van der Waals surface area (Å²) in [5, 5.41) is 0. The molecule has 1 aromatic rings. The molecule has 5 nitrogen and oxygen atoms in total. The van der Waals surface area contributed by atoms with Gasteiger partial charge in [0.05, 0.1) is 13.7 Å². The monoisotopic (exact) mass is 296 g/mol. The number of carbonyl (C=O) groups excluding carboxylic acids is 1. The highest BCUT2D eigenvalue weighted by atomic mass is 32.1. The number of amides is 1. The molecule has 0 spiro atoms. The third-order valence-electron chi connectivity index (χ3n) is 2.74. The Labute approximate surface area is 124 Å². The van der Waals surface area contributed by atoms with E-state index in [1.165, 1.54) is 0 Å². The molecule has 0 aliphatic rings. The number of nitrogens with zero attached hydrogens (tertiary/aromatic N) is 1. The number of thiocarbonyl (C=S) groups is 1. The Morgan fingerprint density at radius 2 is 2.05 bits per heavy atom. The third-order valence-corrected chi connectivity index (χ3v) is 2.98. The number of hydrogen-bond donors (Lipinski definition) is 1. The molecule has 0 saturated carbocycles. The van der Waals surface area contributed by atoms with Gasteiger partial charge in [-0.2, -0.15) is 0 Å². The van der Waals surface area contributed by atoms with E-state index < -0.39 is 0 Å². The lowest BCUT2D eigenvalue weighted by molar-refractivity contribution is -0.128. The molecule has 0 aromatic heterocycles. The zero-order chi connectivity index (χ0) is 15.1. The first-order valence-electron chi connectivity index (χ1n) is 6.26. The summed E-state index contributed by atoms with van der Waals surface area (Å²) >= 11 is 4.91. The van der Waals surface area contributed by atoms with Gasteiger partial charge in [-0.05, 0) is 24.6 Å². The highest BCUT2D eigenvalue weighted by molar-refractivity contribution is 7.80. The summed E-state index contributed by atoms with van der Waals surface area (Å²) in [7, 11) is 5.03. The second-order valence-corrected chi connectivity index (χ2v) is 4.91. The zero-order valence-corrected chi connectivity index (χ0v) is 12.8. The van der Waals surface area contributed by atoms with Gasteiger partial charge in [0, 0.05) is 26.1 Å². The highest BCUT2D eigenvalue weighted by Crippen LogP contribution is 2.28. The van der Waals surface area contributed by atoms with E-state index in [0.717, 1.165) is 5.56 Å². The van der Waals surface area contributed by atoms with Crippen LogP contribution < -0.4 is 15.2 Å². The minimum atomic E-state index is 0.0874. The average molecular weight is 296 g/mol. The van der Waals surface area contributed by atoms with Crippen molar-refractivity contribution in [1.82, 2.24) is 4.90 Å². The first-order valence-corrected chi connectivity index (χ1v) is 6.67. The molecule has 0 aliphatic heterocycles. The Morgan fingerprint density at radius 3 is 2.60 bits per heavy atom. The van der Waals surface area contributed by atoms with E-state index in [4.69, 9.17) is 27.4 Å². The standard InChI is InChI=1S/C14H20N2O3S/c1-16(2)13(17)5-4-8-19-11-7-6-10(14(15)20)9-12(11)18-3/h6-7,9H,4-5,8H2,1-3H3,(H2,15,20). The fraction of sp³-hybridized carbons (Fsp3) is 0.429. The van der Waals surface area contributed by atoms with E-state index in [0.29, 0.717) is 35.9 Å². The summed E-state index contributed by atoms with van der Waals surface area (Å²) in [6.07, 6.45) is 1.11. The molecule has 0 saturated heterocycles. The third kappa shape index (κ3) is 4.70. The summed E-state index contributed by atoms with van der Waals surface area (Å²) in [5.41, 5.74) is 6.29.